The lowest BCUT2D eigenvalue weighted by atomic mass is 9.96. The first kappa shape index (κ1) is 22.4. The summed E-state index contributed by atoms with van der Waals surface area (Å²) in [6, 6.07) is 7.97. The first-order valence-corrected chi connectivity index (χ1v) is 11.3. The number of nitrogens with zero attached hydrogens (tertiary/aromatic N) is 1. The van der Waals surface area contributed by atoms with E-state index in [0.29, 0.717) is 12.6 Å². The van der Waals surface area contributed by atoms with E-state index in [1.54, 1.807) is 7.11 Å². The molecule has 7 heteroatoms. The number of likely N-dealkylation sites (tertiary alicyclic amines) is 1. The third-order valence-corrected chi connectivity index (χ3v) is 6.38. The van der Waals surface area contributed by atoms with Gasteiger partial charge in [0.05, 0.1) is 13.2 Å². The van der Waals surface area contributed by atoms with E-state index in [2.05, 4.69) is 20.9 Å². The molecule has 3 amide bonds. The summed E-state index contributed by atoms with van der Waals surface area (Å²) < 4.78 is 5.34. The minimum Gasteiger partial charge on any atom is -0.496 e. The van der Waals surface area contributed by atoms with E-state index in [1.807, 2.05) is 31.2 Å². The Hall–Kier alpha value is -2.28. The summed E-state index contributed by atoms with van der Waals surface area (Å²) in [6.07, 6.45) is 7.61. The zero-order valence-electron chi connectivity index (χ0n) is 18.3. The highest BCUT2D eigenvalue weighted by Gasteiger charge is 2.27. The molecule has 1 saturated carbocycles. The van der Waals surface area contributed by atoms with E-state index >= 15 is 0 Å². The van der Waals surface area contributed by atoms with Crippen molar-refractivity contribution in [2.24, 2.45) is 0 Å². The molecular formula is C23H36N4O3. The summed E-state index contributed by atoms with van der Waals surface area (Å²) in [6.45, 7) is 4.00. The fraction of sp³-hybridized carbons (Fsp3) is 0.652. The number of urea groups is 1. The summed E-state index contributed by atoms with van der Waals surface area (Å²) in [5.41, 5.74) is 0.965. The van der Waals surface area contributed by atoms with Gasteiger partial charge in [-0.05, 0) is 38.7 Å². The molecule has 1 saturated heterocycles. The summed E-state index contributed by atoms with van der Waals surface area (Å²) >= 11 is 0. The lowest BCUT2D eigenvalue weighted by molar-refractivity contribution is -0.126. The van der Waals surface area contributed by atoms with Crippen LogP contribution in [-0.4, -0.2) is 55.2 Å². The van der Waals surface area contributed by atoms with Crippen molar-refractivity contribution >= 4 is 11.9 Å². The standard InChI is InChI=1S/C23H36N4O3/c1-17(22(28)24-16-18-8-6-7-11-21(18)30-2)27-14-12-20(13-15-27)26-23(29)25-19-9-4-3-5-10-19/h6-8,11,17,19-20H,3-5,9-10,12-16H2,1-2H3,(H,24,28)(H2,25,26,29). The lowest BCUT2D eigenvalue weighted by Gasteiger charge is -2.36. The Bertz CT molecular complexity index is 697. The molecule has 30 heavy (non-hydrogen) atoms. The molecule has 1 aliphatic carbocycles. The van der Waals surface area contributed by atoms with Crippen molar-refractivity contribution in [1.82, 2.24) is 20.9 Å². The quantitative estimate of drug-likeness (QED) is 0.638. The van der Waals surface area contributed by atoms with Gasteiger partial charge in [-0.3, -0.25) is 9.69 Å². The molecule has 2 aliphatic rings. The number of rotatable bonds is 7. The number of methoxy groups -OCH3 is 1. The van der Waals surface area contributed by atoms with Crippen molar-refractivity contribution in [3.05, 3.63) is 29.8 Å². The average molecular weight is 417 g/mol. The fourth-order valence-corrected chi connectivity index (χ4v) is 4.44. The Morgan fingerprint density at radius 2 is 1.67 bits per heavy atom. The van der Waals surface area contributed by atoms with Crippen molar-refractivity contribution in [3.63, 3.8) is 0 Å². The van der Waals surface area contributed by atoms with Crippen LogP contribution >= 0.6 is 0 Å². The molecule has 1 atom stereocenters. The van der Waals surface area contributed by atoms with E-state index in [1.165, 1.54) is 19.3 Å². The average Bonchev–Trinajstić information content (AvgIpc) is 2.78. The van der Waals surface area contributed by atoms with Crippen molar-refractivity contribution in [1.29, 1.82) is 0 Å². The Balaban J connectivity index is 1.38. The van der Waals surface area contributed by atoms with Gasteiger partial charge in [-0.1, -0.05) is 37.5 Å². The van der Waals surface area contributed by atoms with Gasteiger partial charge in [-0.15, -0.1) is 0 Å². The second kappa shape index (κ2) is 11.2. The number of amides is 3. The van der Waals surface area contributed by atoms with Crippen LogP contribution in [0.3, 0.4) is 0 Å². The number of hydrogen-bond donors (Lipinski definition) is 3. The van der Waals surface area contributed by atoms with Gasteiger partial charge in [0.25, 0.3) is 0 Å². The fourth-order valence-electron chi connectivity index (χ4n) is 4.44. The van der Waals surface area contributed by atoms with Crippen LogP contribution in [0.1, 0.15) is 57.4 Å². The topological polar surface area (TPSA) is 82.7 Å². The van der Waals surface area contributed by atoms with E-state index in [0.717, 1.165) is 50.1 Å². The Kier molecular flexibility index (Phi) is 8.37. The summed E-state index contributed by atoms with van der Waals surface area (Å²) in [4.78, 5) is 27.1. The zero-order chi connectivity index (χ0) is 21.3. The van der Waals surface area contributed by atoms with Crippen LogP contribution in [0.15, 0.2) is 24.3 Å². The van der Waals surface area contributed by atoms with Crippen molar-refractivity contribution in [2.75, 3.05) is 20.2 Å². The maximum atomic E-state index is 12.6. The van der Waals surface area contributed by atoms with Crippen LogP contribution in [0.4, 0.5) is 4.79 Å². The van der Waals surface area contributed by atoms with Crippen LogP contribution in [0.25, 0.3) is 0 Å². The molecule has 1 aromatic carbocycles. The van der Waals surface area contributed by atoms with Crippen LogP contribution in [-0.2, 0) is 11.3 Å². The van der Waals surface area contributed by atoms with Gasteiger partial charge in [0.2, 0.25) is 5.91 Å². The lowest BCUT2D eigenvalue weighted by Crippen LogP contribution is -2.53. The third kappa shape index (κ3) is 6.36. The second-order valence-corrected chi connectivity index (χ2v) is 8.47. The molecule has 1 unspecified atom stereocenters. The van der Waals surface area contributed by atoms with E-state index < -0.39 is 0 Å². The zero-order valence-corrected chi connectivity index (χ0v) is 18.3. The molecule has 0 radical (unpaired) electrons. The highest BCUT2D eigenvalue weighted by Crippen LogP contribution is 2.19. The van der Waals surface area contributed by atoms with E-state index in [-0.39, 0.29) is 24.0 Å². The van der Waals surface area contributed by atoms with Gasteiger partial charge in [0.15, 0.2) is 0 Å². The van der Waals surface area contributed by atoms with Gasteiger partial charge in [0.1, 0.15) is 5.75 Å². The summed E-state index contributed by atoms with van der Waals surface area (Å²) in [5.74, 6) is 0.797. The number of piperidine rings is 1. The number of para-hydroxylation sites is 1. The first-order chi connectivity index (χ1) is 14.6. The number of ether oxygens (including phenoxy) is 1. The van der Waals surface area contributed by atoms with Gasteiger partial charge in [-0.25, -0.2) is 4.79 Å². The second-order valence-electron chi connectivity index (χ2n) is 8.47. The van der Waals surface area contributed by atoms with Crippen LogP contribution in [0.5, 0.6) is 5.75 Å². The number of carbonyl (C=O) groups is 2. The predicted molar refractivity (Wildman–Crippen MR) is 117 cm³/mol. The molecule has 3 rings (SSSR count). The van der Waals surface area contributed by atoms with Gasteiger partial charge >= 0.3 is 6.03 Å². The first-order valence-electron chi connectivity index (χ1n) is 11.3. The van der Waals surface area contributed by atoms with Crippen LogP contribution in [0, 0.1) is 0 Å². The highest BCUT2D eigenvalue weighted by molar-refractivity contribution is 5.81. The predicted octanol–water partition coefficient (Wildman–Crippen LogP) is 2.80. The molecule has 0 aromatic heterocycles. The SMILES string of the molecule is COc1ccccc1CNC(=O)C(C)N1CCC(NC(=O)NC2CCCCC2)CC1. The van der Waals surface area contributed by atoms with Crippen LogP contribution in [0.2, 0.25) is 0 Å². The van der Waals surface area contributed by atoms with Crippen LogP contribution < -0.4 is 20.7 Å². The maximum absolute atomic E-state index is 12.6. The molecule has 7 nitrogen and oxygen atoms in total. The number of nitrogens with one attached hydrogen (secondary N) is 3. The van der Waals surface area contributed by atoms with E-state index in [4.69, 9.17) is 4.74 Å². The molecule has 1 aromatic rings. The smallest absolute Gasteiger partial charge is 0.315 e. The van der Waals surface area contributed by atoms with Crippen molar-refractivity contribution in [2.45, 2.75) is 76.5 Å². The number of benzene rings is 1. The minimum atomic E-state index is -0.197. The Morgan fingerprint density at radius 3 is 2.33 bits per heavy atom. The molecule has 0 bridgehead atoms. The Labute approximate surface area is 179 Å². The monoisotopic (exact) mass is 416 g/mol. The highest BCUT2D eigenvalue weighted by atomic mass is 16.5. The normalized spacial score (nSPS) is 19.7. The van der Waals surface area contributed by atoms with Gasteiger partial charge in [0, 0.05) is 37.3 Å². The maximum Gasteiger partial charge on any atom is 0.315 e. The third-order valence-electron chi connectivity index (χ3n) is 6.38. The molecule has 1 aliphatic heterocycles. The summed E-state index contributed by atoms with van der Waals surface area (Å²) in [5, 5.41) is 9.26. The molecular weight excluding hydrogens is 380 g/mol. The molecule has 0 spiro atoms. The molecule has 1 heterocycles. The Morgan fingerprint density at radius 1 is 1.03 bits per heavy atom. The van der Waals surface area contributed by atoms with Gasteiger partial charge < -0.3 is 20.7 Å². The summed E-state index contributed by atoms with van der Waals surface area (Å²) in [7, 11) is 1.64. The number of carbonyl (C=O) groups excluding carboxylic acids is 2. The number of hydrogen-bond acceptors (Lipinski definition) is 4. The molecule has 166 valence electrons. The van der Waals surface area contributed by atoms with E-state index in [9.17, 15) is 9.59 Å². The van der Waals surface area contributed by atoms with Gasteiger partial charge in [-0.2, -0.15) is 0 Å². The van der Waals surface area contributed by atoms with Crippen molar-refractivity contribution in [3.8, 4) is 5.75 Å². The van der Waals surface area contributed by atoms with Crippen molar-refractivity contribution < 1.29 is 14.3 Å². The molecule has 3 N–H and O–H groups in total. The molecule has 2 fully saturated rings. The largest absolute Gasteiger partial charge is 0.496 e. The minimum absolute atomic E-state index is 0.0161.